The first-order chi connectivity index (χ1) is 9.41. The number of para-hydroxylation sites is 1. The number of anilines is 1. The lowest BCUT2D eigenvalue weighted by Crippen LogP contribution is -2.14. The molecule has 1 aromatic heterocycles. The zero-order valence-electron chi connectivity index (χ0n) is 10.0. The maximum Gasteiger partial charge on any atom is 0.341 e. The van der Waals surface area contributed by atoms with Crippen LogP contribution in [0.15, 0.2) is 50.4 Å². The molecule has 2 rings (SSSR count). The lowest BCUT2D eigenvalue weighted by Gasteiger charge is -2.11. The molecule has 0 radical (unpaired) electrons. The molecular formula is C12H10BrF2NO3S. The topological polar surface area (TPSA) is 59.3 Å². The third-order valence-electron chi connectivity index (χ3n) is 2.51. The second kappa shape index (κ2) is 5.92. The molecule has 1 heterocycles. The predicted octanol–water partition coefficient (Wildman–Crippen LogP) is 3.65. The van der Waals surface area contributed by atoms with Gasteiger partial charge >= 0.3 is 5.76 Å². The minimum absolute atomic E-state index is 0.111. The number of rotatable bonds is 5. The van der Waals surface area contributed by atoms with Gasteiger partial charge < -0.3 is 9.73 Å². The van der Waals surface area contributed by atoms with E-state index in [0.717, 1.165) is 6.07 Å². The summed E-state index contributed by atoms with van der Waals surface area (Å²) in [5, 5.41) is 2.78. The third kappa shape index (κ3) is 3.18. The first-order valence-electron chi connectivity index (χ1n) is 5.50. The van der Waals surface area contributed by atoms with E-state index in [1.54, 1.807) is 18.2 Å². The van der Waals surface area contributed by atoms with Crippen molar-refractivity contribution in [1.82, 2.24) is 0 Å². The van der Waals surface area contributed by atoms with Gasteiger partial charge in [-0.3, -0.25) is 0 Å². The van der Waals surface area contributed by atoms with Crippen LogP contribution in [0.4, 0.5) is 14.5 Å². The number of hydrogen-bond donors (Lipinski definition) is 1. The first kappa shape index (κ1) is 15.0. The second-order valence-electron chi connectivity index (χ2n) is 3.86. The molecule has 0 amide bonds. The van der Waals surface area contributed by atoms with Gasteiger partial charge in [0.25, 0.3) is 0 Å². The summed E-state index contributed by atoms with van der Waals surface area (Å²) in [4.78, 5) is -0.430. The van der Waals surface area contributed by atoms with Gasteiger partial charge in [0.2, 0.25) is 9.84 Å². The average Bonchev–Trinajstić information content (AvgIpc) is 2.82. The molecule has 0 fully saturated rings. The first-order valence-corrected chi connectivity index (χ1v) is 7.84. The summed E-state index contributed by atoms with van der Waals surface area (Å²) in [6.07, 6.45) is 0. The van der Waals surface area contributed by atoms with E-state index in [-0.39, 0.29) is 12.2 Å². The van der Waals surface area contributed by atoms with Gasteiger partial charge in [-0.15, -0.1) is 0 Å². The van der Waals surface area contributed by atoms with E-state index in [9.17, 15) is 17.2 Å². The van der Waals surface area contributed by atoms with Gasteiger partial charge in [0.15, 0.2) is 4.67 Å². The average molecular weight is 366 g/mol. The molecular weight excluding hydrogens is 356 g/mol. The summed E-state index contributed by atoms with van der Waals surface area (Å²) in [5.74, 6) is -2.91. The Morgan fingerprint density at radius 1 is 1.20 bits per heavy atom. The van der Waals surface area contributed by atoms with Crippen LogP contribution in [0.5, 0.6) is 0 Å². The highest BCUT2D eigenvalue weighted by molar-refractivity contribution is 9.10. The molecule has 0 saturated heterocycles. The Morgan fingerprint density at radius 2 is 1.90 bits per heavy atom. The molecule has 0 saturated carbocycles. The number of halogens is 3. The summed E-state index contributed by atoms with van der Waals surface area (Å²) in [7, 11) is -4.64. The van der Waals surface area contributed by atoms with E-state index >= 15 is 0 Å². The van der Waals surface area contributed by atoms with Gasteiger partial charge in [0.05, 0.1) is 17.1 Å². The molecule has 0 aliphatic carbocycles. The highest BCUT2D eigenvalue weighted by Gasteiger charge is 2.28. The molecule has 0 aliphatic heterocycles. The number of furan rings is 1. The fourth-order valence-electron chi connectivity index (χ4n) is 1.59. The Bertz CT molecular complexity index is 700. The van der Waals surface area contributed by atoms with Crippen LogP contribution in [0.3, 0.4) is 0 Å². The quantitative estimate of drug-likeness (QED) is 0.878. The Kier molecular flexibility index (Phi) is 4.44. The van der Waals surface area contributed by atoms with Gasteiger partial charge in [0, 0.05) is 0 Å². The van der Waals surface area contributed by atoms with Crippen LogP contribution in [-0.2, 0) is 16.4 Å². The molecule has 0 spiro atoms. The number of benzene rings is 1. The summed E-state index contributed by atoms with van der Waals surface area (Å²) >= 11 is 3.13. The molecule has 0 bridgehead atoms. The van der Waals surface area contributed by atoms with Crippen LogP contribution < -0.4 is 5.32 Å². The molecule has 8 heteroatoms. The minimum atomic E-state index is -4.64. The van der Waals surface area contributed by atoms with Crippen molar-refractivity contribution in [1.29, 1.82) is 0 Å². The van der Waals surface area contributed by atoms with E-state index in [4.69, 9.17) is 4.42 Å². The second-order valence-corrected chi connectivity index (χ2v) is 6.53. The molecule has 4 nitrogen and oxygen atoms in total. The van der Waals surface area contributed by atoms with Crippen molar-refractivity contribution in [3.8, 4) is 0 Å². The van der Waals surface area contributed by atoms with Crippen LogP contribution in [0, 0.1) is 0 Å². The molecule has 0 atom stereocenters. The van der Waals surface area contributed by atoms with Crippen LogP contribution in [0.25, 0.3) is 0 Å². The van der Waals surface area contributed by atoms with E-state index < -0.39 is 20.5 Å². The highest BCUT2D eigenvalue weighted by atomic mass is 79.9. The van der Waals surface area contributed by atoms with Crippen molar-refractivity contribution in [2.24, 2.45) is 0 Å². The van der Waals surface area contributed by atoms with Gasteiger partial charge in [-0.1, -0.05) is 12.1 Å². The normalized spacial score (nSPS) is 11.8. The summed E-state index contributed by atoms with van der Waals surface area (Å²) in [6, 6.07) is 8.88. The zero-order chi connectivity index (χ0) is 14.8. The van der Waals surface area contributed by atoms with Crippen molar-refractivity contribution < 1.29 is 21.6 Å². The van der Waals surface area contributed by atoms with Crippen molar-refractivity contribution in [3.63, 3.8) is 0 Å². The number of sulfone groups is 1. The molecule has 108 valence electrons. The van der Waals surface area contributed by atoms with Gasteiger partial charge in [0.1, 0.15) is 5.76 Å². The van der Waals surface area contributed by atoms with Gasteiger partial charge in [-0.2, -0.15) is 8.78 Å². The van der Waals surface area contributed by atoms with Crippen molar-refractivity contribution in [3.05, 3.63) is 46.8 Å². The standard InChI is InChI=1S/C12H10BrF2NO3S/c13-11-6-5-8(19-11)7-16-9-3-1-2-4-10(9)20(17,18)12(14)15/h1-6,12,16H,7H2. The molecule has 1 N–H and O–H groups in total. The number of hydrogen-bond acceptors (Lipinski definition) is 4. The van der Waals surface area contributed by atoms with Crippen LogP contribution in [0.2, 0.25) is 0 Å². The molecule has 1 aromatic carbocycles. The van der Waals surface area contributed by atoms with E-state index in [1.165, 1.54) is 12.1 Å². The SMILES string of the molecule is O=S(=O)(c1ccccc1NCc1ccc(Br)o1)C(F)F. The lowest BCUT2D eigenvalue weighted by molar-refractivity contribution is 0.235. The smallest absolute Gasteiger partial charge is 0.341 e. The highest BCUT2D eigenvalue weighted by Crippen LogP contribution is 2.26. The number of alkyl halides is 2. The van der Waals surface area contributed by atoms with Crippen LogP contribution >= 0.6 is 15.9 Å². The molecule has 2 aromatic rings. The summed E-state index contributed by atoms with van der Waals surface area (Å²) < 4.78 is 54.1. The van der Waals surface area contributed by atoms with E-state index in [0.29, 0.717) is 10.4 Å². The summed E-state index contributed by atoms with van der Waals surface area (Å²) in [6.45, 7) is 0.182. The number of nitrogens with one attached hydrogen (secondary N) is 1. The molecule has 0 unspecified atom stereocenters. The van der Waals surface area contributed by atoms with Crippen molar-refractivity contribution in [2.45, 2.75) is 17.2 Å². The molecule has 20 heavy (non-hydrogen) atoms. The van der Waals surface area contributed by atoms with Crippen molar-refractivity contribution in [2.75, 3.05) is 5.32 Å². The Hall–Kier alpha value is -1.41. The lowest BCUT2D eigenvalue weighted by atomic mass is 10.3. The maximum atomic E-state index is 12.6. The maximum absolute atomic E-state index is 12.6. The third-order valence-corrected chi connectivity index (χ3v) is 4.37. The molecule has 0 aliphatic rings. The Labute approximate surface area is 122 Å². The summed E-state index contributed by atoms with van der Waals surface area (Å²) in [5.41, 5.74) is 0.111. The van der Waals surface area contributed by atoms with Crippen LogP contribution in [-0.4, -0.2) is 14.2 Å². The predicted molar refractivity (Wildman–Crippen MR) is 73.4 cm³/mol. The van der Waals surface area contributed by atoms with Gasteiger partial charge in [-0.25, -0.2) is 8.42 Å². The zero-order valence-corrected chi connectivity index (χ0v) is 12.4. The van der Waals surface area contributed by atoms with E-state index in [2.05, 4.69) is 21.2 Å². The monoisotopic (exact) mass is 365 g/mol. The van der Waals surface area contributed by atoms with Crippen molar-refractivity contribution >= 4 is 31.5 Å². The van der Waals surface area contributed by atoms with Crippen LogP contribution in [0.1, 0.15) is 5.76 Å². The van der Waals surface area contributed by atoms with Gasteiger partial charge in [-0.05, 0) is 40.2 Å². The fraction of sp³-hybridized carbons (Fsp3) is 0.167. The minimum Gasteiger partial charge on any atom is -0.452 e. The Balaban J connectivity index is 2.25. The van der Waals surface area contributed by atoms with E-state index in [1.807, 2.05) is 0 Å². The Morgan fingerprint density at radius 3 is 2.50 bits per heavy atom. The largest absolute Gasteiger partial charge is 0.452 e. The fourth-order valence-corrected chi connectivity index (χ4v) is 2.83.